The fraction of sp³-hybridized carbons (Fsp3) is 0.235. The number of carbonyl (C=O) groups excluding carboxylic acids is 1. The van der Waals surface area contributed by atoms with E-state index in [4.69, 9.17) is 10.5 Å². The van der Waals surface area contributed by atoms with Crippen LogP contribution in [0, 0.1) is 6.92 Å². The maximum atomic E-state index is 11.7. The average molecular weight is 298 g/mol. The van der Waals surface area contributed by atoms with Gasteiger partial charge in [0.2, 0.25) is 0 Å². The Morgan fingerprint density at radius 1 is 1.27 bits per heavy atom. The third-order valence-electron chi connectivity index (χ3n) is 4.02. The number of anilines is 1. The molecule has 5 nitrogen and oxygen atoms in total. The van der Waals surface area contributed by atoms with Gasteiger partial charge in [-0.05, 0) is 59.9 Å². The number of methoxy groups -OCH3 is 1. The number of amides is 1. The Labute approximate surface area is 128 Å². The van der Waals surface area contributed by atoms with E-state index in [1.54, 1.807) is 13.2 Å². The molecule has 0 unspecified atom stereocenters. The molecular formula is C17H18N2O3. The summed E-state index contributed by atoms with van der Waals surface area (Å²) in [5.41, 5.74) is 10.3. The van der Waals surface area contributed by atoms with Gasteiger partial charge in [0.15, 0.2) is 0 Å². The van der Waals surface area contributed by atoms with E-state index >= 15 is 0 Å². The van der Waals surface area contributed by atoms with Gasteiger partial charge in [-0.15, -0.1) is 0 Å². The lowest BCUT2D eigenvalue weighted by molar-refractivity contribution is -0.125. The molecule has 0 saturated carbocycles. The maximum Gasteiger partial charge on any atom is 0.267 e. The van der Waals surface area contributed by atoms with Crippen LogP contribution in [0.4, 0.5) is 5.69 Å². The second kappa shape index (κ2) is 5.44. The molecule has 0 radical (unpaired) electrons. The Bertz CT molecular complexity index is 743. The first-order valence-electron chi connectivity index (χ1n) is 7.07. The predicted octanol–water partition coefficient (Wildman–Crippen LogP) is 2.28. The van der Waals surface area contributed by atoms with Gasteiger partial charge in [0.25, 0.3) is 5.91 Å². The Balaban J connectivity index is 2.04. The third kappa shape index (κ3) is 2.34. The van der Waals surface area contributed by atoms with Crippen LogP contribution in [0.2, 0.25) is 0 Å². The first kappa shape index (κ1) is 14.6. The number of benzene rings is 2. The van der Waals surface area contributed by atoms with Gasteiger partial charge in [-0.1, -0.05) is 12.1 Å². The summed E-state index contributed by atoms with van der Waals surface area (Å²) in [5, 5.41) is 10.5. The van der Waals surface area contributed by atoms with Crippen LogP contribution < -0.4 is 15.5 Å². The summed E-state index contributed by atoms with van der Waals surface area (Å²) in [5.74, 6) is 0.342. The monoisotopic (exact) mass is 298 g/mol. The van der Waals surface area contributed by atoms with E-state index in [2.05, 4.69) is 0 Å². The summed E-state index contributed by atoms with van der Waals surface area (Å²) >= 11 is 0. The molecule has 1 amide bonds. The molecular weight excluding hydrogens is 280 g/mol. The topological polar surface area (TPSA) is 75.8 Å². The second-order valence-electron chi connectivity index (χ2n) is 5.49. The molecule has 0 fully saturated rings. The van der Waals surface area contributed by atoms with Gasteiger partial charge in [-0.25, -0.2) is 0 Å². The number of hydrogen-bond donors (Lipinski definition) is 2. The minimum absolute atomic E-state index is 0.425. The highest BCUT2D eigenvalue weighted by molar-refractivity contribution is 5.98. The normalized spacial score (nSPS) is 17.4. The van der Waals surface area contributed by atoms with Crippen LogP contribution >= 0.6 is 0 Å². The van der Waals surface area contributed by atoms with Crippen molar-refractivity contribution in [2.24, 2.45) is 5.73 Å². The summed E-state index contributed by atoms with van der Waals surface area (Å²) in [6.07, 6.45) is 0.425. The number of aryl methyl sites for hydroxylation is 1. The molecule has 0 spiro atoms. The van der Waals surface area contributed by atoms with Crippen LogP contribution in [0.15, 0.2) is 36.4 Å². The van der Waals surface area contributed by atoms with Crippen molar-refractivity contribution in [3.63, 3.8) is 0 Å². The SMILES string of the molecule is COc1ccc(-c2ccc3c(c2)C[C@H](N)C(=O)N3O)c(C)c1. The number of ether oxygens (including phenoxy) is 1. The molecule has 0 bridgehead atoms. The van der Waals surface area contributed by atoms with Crippen LogP contribution in [-0.4, -0.2) is 24.3 Å². The van der Waals surface area contributed by atoms with E-state index in [0.29, 0.717) is 17.2 Å². The van der Waals surface area contributed by atoms with Crippen molar-refractivity contribution in [1.29, 1.82) is 0 Å². The third-order valence-corrected chi connectivity index (χ3v) is 4.02. The molecule has 1 heterocycles. The average Bonchev–Trinajstić information content (AvgIpc) is 2.52. The zero-order valence-corrected chi connectivity index (χ0v) is 12.5. The van der Waals surface area contributed by atoms with Crippen LogP contribution in [0.3, 0.4) is 0 Å². The number of fused-ring (bicyclic) bond motifs is 1. The number of hydrogen-bond acceptors (Lipinski definition) is 4. The van der Waals surface area contributed by atoms with Gasteiger partial charge in [0.05, 0.1) is 18.8 Å². The highest BCUT2D eigenvalue weighted by atomic mass is 16.5. The quantitative estimate of drug-likeness (QED) is 0.834. The van der Waals surface area contributed by atoms with Gasteiger partial charge in [-0.3, -0.25) is 10.0 Å². The lowest BCUT2D eigenvalue weighted by Gasteiger charge is -2.28. The van der Waals surface area contributed by atoms with Crippen molar-refractivity contribution < 1.29 is 14.7 Å². The summed E-state index contributed by atoms with van der Waals surface area (Å²) < 4.78 is 5.22. The number of rotatable bonds is 2. The van der Waals surface area contributed by atoms with Crippen molar-refractivity contribution in [2.45, 2.75) is 19.4 Å². The molecule has 2 aromatic rings. The summed E-state index contributed by atoms with van der Waals surface area (Å²) in [6, 6.07) is 10.8. The van der Waals surface area contributed by atoms with Crippen LogP contribution in [0.25, 0.3) is 11.1 Å². The predicted molar refractivity (Wildman–Crippen MR) is 84.1 cm³/mol. The fourth-order valence-electron chi connectivity index (χ4n) is 2.81. The second-order valence-corrected chi connectivity index (χ2v) is 5.49. The van der Waals surface area contributed by atoms with Crippen molar-refractivity contribution in [3.05, 3.63) is 47.5 Å². The van der Waals surface area contributed by atoms with Gasteiger partial charge in [0, 0.05) is 0 Å². The van der Waals surface area contributed by atoms with Crippen molar-refractivity contribution in [1.82, 2.24) is 0 Å². The first-order valence-corrected chi connectivity index (χ1v) is 7.07. The van der Waals surface area contributed by atoms with E-state index < -0.39 is 11.9 Å². The Kier molecular flexibility index (Phi) is 3.60. The smallest absolute Gasteiger partial charge is 0.267 e. The lowest BCUT2D eigenvalue weighted by Crippen LogP contribution is -2.47. The lowest BCUT2D eigenvalue weighted by atomic mass is 9.93. The van der Waals surface area contributed by atoms with Gasteiger partial charge in [0.1, 0.15) is 5.75 Å². The van der Waals surface area contributed by atoms with Crippen LogP contribution in [0.5, 0.6) is 5.75 Å². The zero-order valence-electron chi connectivity index (χ0n) is 12.5. The molecule has 1 aliphatic heterocycles. The molecule has 1 atom stereocenters. The van der Waals surface area contributed by atoms with Crippen LogP contribution in [0.1, 0.15) is 11.1 Å². The molecule has 0 aromatic heterocycles. The number of nitrogens with two attached hydrogens (primary N) is 1. The number of hydroxylamine groups is 1. The molecule has 2 aromatic carbocycles. The largest absolute Gasteiger partial charge is 0.497 e. The minimum atomic E-state index is -0.704. The molecule has 1 aliphatic rings. The first-order chi connectivity index (χ1) is 10.5. The van der Waals surface area contributed by atoms with Gasteiger partial charge < -0.3 is 10.5 Å². The summed E-state index contributed by atoms with van der Waals surface area (Å²) in [4.78, 5) is 11.7. The van der Waals surface area contributed by atoms with Crippen molar-refractivity contribution >= 4 is 11.6 Å². The fourth-order valence-corrected chi connectivity index (χ4v) is 2.81. The van der Waals surface area contributed by atoms with Crippen molar-refractivity contribution in [3.8, 4) is 16.9 Å². The Hall–Kier alpha value is -2.37. The summed E-state index contributed by atoms with van der Waals surface area (Å²) in [6.45, 7) is 2.02. The van der Waals surface area contributed by atoms with E-state index in [1.165, 1.54) is 0 Å². The number of nitrogens with zero attached hydrogens (tertiary/aromatic N) is 1. The molecule has 0 aliphatic carbocycles. The van der Waals surface area contributed by atoms with Gasteiger partial charge >= 0.3 is 0 Å². The molecule has 0 saturated heterocycles. The molecule has 22 heavy (non-hydrogen) atoms. The Morgan fingerprint density at radius 3 is 2.73 bits per heavy atom. The van der Waals surface area contributed by atoms with E-state index in [-0.39, 0.29) is 0 Å². The standard InChI is InChI=1S/C17H18N2O3/c1-10-7-13(22-2)4-5-14(10)11-3-6-16-12(8-11)9-15(18)17(20)19(16)21/h3-8,15,21H,9,18H2,1-2H3/t15-/m0/s1. The maximum absolute atomic E-state index is 11.7. The molecule has 5 heteroatoms. The molecule has 3 N–H and O–H groups in total. The Morgan fingerprint density at radius 2 is 2.05 bits per heavy atom. The van der Waals surface area contributed by atoms with E-state index in [0.717, 1.165) is 28.0 Å². The highest BCUT2D eigenvalue weighted by Gasteiger charge is 2.29. The zero-order chi connectivity index (χ0) is 15.9. The van der Waals surface area contributed by atoms with Gasteiger partial charge in [-0.2, -0.15) is 5.06 Å². The highest BCUT2D eigenvalue weighted by Crippen LogP contribution is 2.33. The van der Waals surface area contributed by atoms with E-state index in [9.17, 15) is 10.0 Å². The number of carbonyl (C=O) groups is 1. The molecule has 3 rings (SSSR count). The van der Waals surface area contributed by atoms with E-state index in [1.807, 2.05) is 37.3 Å². The summed E-state index contributed by atoms with van der Waals surface area (Å²) in [7, 11) is 1.64. The van der Waals surface area contributed by atoms with Crippen molar-refractivity contribution in [2.75, 3.05) is 12.2 Å². The molecule has 114 valence electrons. The van der Waals surface area contributed by atoms with Crippen LogP contribution in [-0.2, 0) is 11.2 Å². The minimum Gasteiger partial charge on any atom is -0.497 e.